The lowest BCUT2D eigenvalue weighted by Gasteiger charge is -2.25. The summed E-state index contributed by atoms with van der Waals surface area (Å²) in [6.45, 7) is 4.84. The van der Waals surface area contributed by atoms with Gasteiger partial charge in [-0.15, -0.1) is 0 Å². The summed E-state index contributed by atoms with van der Waals surface area (Å²) in [7, 11) is 0. The predicted molar refractivity (Wildman–Crippen MR) is 89.0 cm³/mol. The van der Waals surface area contributed by atoms with Crippen LogP contribution in [0.3, 0.4) is 0 Å². The first-order valence-corrected chi connectivity index (χ1v) is 9.52. The molecule has 0 bridgehead atoms. The van der Waals surface area contributed by atoms with Crippen molar-refractivity contribution < 1.29 is 23.1 Å². The van der Waals surface area contributed by atoms with Crippen molar-refractivity contribution in [1.29, 1.82) is 0 Å². The van der Waals surface area contributed by atoms with Gasteiger partial charge < -0.3 is 13.8 Å². The van der Waals surface area contributed by atoms with Crippen LogP contribution in [0.25, 0.3) is 0 Å². The van der Waals surface area contributed by atoms with Crippen LogP contribution in [-0.4, -0.2) is 25.8 Å². The summed E-state index contributed by atoms with van der Waals surface area (Å²) in [5, 5.41) is 0. The van der Waals surface area contributed by atoms with Gasteiger partial charge >= 0.3 is 12.7 Å². The third-order valence-corrected chi connectivity index (χ3v) is 4.98. The molecule has 7 heteroatoms. The van der Waals surface area contributed by atoms with Gasteiger partial charge in [0.25, 0.3) is 0 Å². The summed E-state index contributed by atoms with van der Waals surface area (Å²) in [6, 6.07) is 8.97. The first kappa shape index (κ1) is 19.0. The van der Waals surface area contributed by atoms with Crippen molar-refractivity contribution in [1.82, 2.24) is 0 Å². The van der Waals surface area contributed by atoms with E-state index in [-0.39, 0.29) is 6.61 Å². The zero-order chi connectivity index (χ0) is 16.4. The number of rotatable bonds is 10. The Morgan fingerprint density at radius 3 is 2.36 bits per heavy atom. The standard InChI is InChI=1S/C15H21O5PS/c1-4-12-17-15(16)14(13-10-8-7-9-11-13)20-21(22,18-5-2)19-6-3/h4,7-11,14H,1,5-6,12H2,2-3H3. The molecule has 0 heterocycles. The molecule has 1 aromatic carbocycles. The van der Waals surface area contributed by atoms with Gasteiger partial charge in [0, 0.05) is 0 Å². The van der Waals surface area contributed by atoms with Crippen LogP contribution in [-0.2, 0) is 34.9 Å². The maximum absolute atomic E-state index is 12.3. The normalized spacial score (nSPS) is 12.6. The minimum absolute atomic E-state index is 0.0949. The average molecular weight is 344 g/mol. The molecule has 0 radical (unpaired) electrons. The first-order valence-electron chi connectivity index (χ1n) is 6.96. The highest BCUT2D eigenvalue weighted by molar-refractivity contribution is 8.07. The van der Waals surface area contributed by atoms with Gasteiger partial charge in [-0.05, 0) is 31.2 Å². The second-order valence-corrected chi connectivity index (χ2v) is 7.06. The van der Waals surface area contributed by atoms with E-state index in [1.807, 2.05) is 6.07 Å². The van der Waals surface area contributed by atoms with E-state index < -0.39 is 18.8 Å². The number of benzene rings is 1. The lowest BCUT2D eigenvalue weighted by molar-refractivity contribution is -0.151. The lowest BCUT2D eigenvalue weighted by Crippen LogP contribution is -2.19. The third-order valence-electron chi connectivity index (χ3n) is 2.47. The maximum Gasteiger partial charge on any atom is 0.340 e. The summed E-state index contributed by atoms with van der Waals surface area (Å²) in [5.41, 5.74) is 0.630. The second kappa shape index (κ2) is 9.87. The molecule has 0 saturated heterocycles. The minimum Gasteiger partial charge on any atom is -0.459 e. The molecule has 1 unspecified atom stereocenters. The highest BCUT2D eigenvalue weighted by Gasteiger charge is 2.32. The molecule has 1 atom stereocenters. The van der Waals surface area contributed by atoms with E-state index in [0.717, 1.165) is 0 Å². The van der Waals surface area contributed by atoms with E-state index in [4.69, 9.17) is 30.1 Å². The Morgan fingerprint density at radius 2 is 1.86 bits per heavy atom. The number of carbonyl (C=O) groups is 1. The molecule has 1 aromatic rings. The third kappa shape index (κ3) is 5.99. The fraction of sp³-hybridized carbons (Fsp3) is 0.400. The van der Waals surface area contributed by atoms with Crippen LogP contribution in [0, 0.1) is 0 Å². The second-order valence-electron chi connectivity index (χ2n) is 4.10. The van der Waals surface area contributed by atoms with Crippen molar-refractivity contribution in [2.45, 2.75) is 20.0 Å². The Morgan fingerprint density at radius 1 is 1.27 bits per heavy atom. The molecule has 22 heavy (non-hydrogen) atoms. The summed E-state index contributed by atoms with van der Waals surface area (Å²) in [6.07, 6.45) is 0.492. The summed E-state index contributed by atoms with van der Waals surface area (Å²) >= 11 is 5.32. The number of hydrogen-bond donors (Lipinski definition) is 0. The molecule has 122 valence electrons. The zero-order valence-electron chi connectivity index (χ0n) is 12.8. The first-order chi connectivity index (χ1) is 10.6. The number of hydrogen-bond acceptors (Lipinski definition) is 6. The Kier molecular flexibility index (Phi) is 8.53. The smallest absolute Gasteiger partial charge is 0.340 e. The number of esters is 1. The van der Waals surface area contributed by atoms with E-state index in [1.54, 1.807) is 38.1 Å². The molecule has 5 nitrogen and oxygen atoms in total. The average Bonchev–Trinajstić information content (AvgIpc) is 2.51. The van der Waals surface area contributed by atoms with Gasteiger partial charge in [0.1, 0.15) is 6.61 Å². The van der Waals surface area contributed by atoms with Gasteiger partial charge in [0.15, 0.2) is 6.10 Å². The van der Waals surface area contributed by atoms with Gasteiger partial charge in [-0.25, -0.2) is 4.79 Å². The summed E-state index contributed by atoms with van der Waals surface area (Å²) in [4.78, 5) is 12.3. The van der Waals surface area contributed by atoms with Gasteiger partial charge in [-0.3, -0.25) is 4.52 Å². The molecular formula is C15H21O5PS. The molecule has 0 aliphatic rings. The van der Waals surface area contributed by atoms with Crippen LogP contribution < -0.4 is 0 Å². The van der Waals surface area contributed by atoms with Gasteiger partial charge in [0.2, 0.25) is 0 Å². The molecule has 0 amide bonds. The van der Waals surface area contributed by atoms with Crippen LogP contribution >= 0.6 is 6.72 Å². The van der Waals surface area contributed by atoms with Crippen molar-refractivity contribution in [3.05, 3.63) is 48.6 Å². The Hall–Kier alpha value is -1.04. The highest BCUT2D eigenvalue weighted by Crippen LogP contribution is 2.53. The molecule has 0 spiro atoms. The minimum atomic E-state index is -3.02. The highest BCUT2D eigenvalue weighted by atomic mass is 32.5. The Bertz CT molecular complexity index is 510. The molecular weight excluding hydrogens is 323 g/mol. The predicted octanol–water partition coefficient (Wildman–Crippen LogP) is 3.77. The number of ether oxygens (including phenoxy) is 1. The van der Waals surface area contributed by atoms with Crippen molar-refractivity contribution in [3.8, 4) is 0 Å². The molecule has 0 fully saturated rings. The topological polar surface area (TPSA) is 54.0 Å². The molecule has 1 rings (SSSR count). The zero-order valence-corrected chi connectivity index (χ0v) is 14.5. The van der Waals surface area contributed by atoms with Crippen molar-refractivity contribution in [2.24, 2.45) is 0 Å². The maximum atomic E-state index is 12.3. The molecule has 0 aliphatic heterocycles. The van der Waals surface area contributed by atoms with E-state index in [0.29, 0.717) is 18.8 Å². The van der Waals surface area contributed by atoms with E-state index in [2.05, 4.69) is 6.58 Å². The summed E-state index contributed by atoms with van der Waals surface area (Å²) in [5.74, 6) is -0.556. The molecule has 0 N–H and O–H groups in total. The number of carbonyl (C=O) groups excluding carboxylic acids is 1. The lowest BCUT2D eigenvalue weighted by atomic mass is 10.1. The van der Waals surface area contributed by atoms with Crippen LogP contribution in [0.4, 0.5) is 0 Å². The molecule has 0 saturated carbocycles. The SMILES string of the molecule is C=CCOC(=O)C(OP(=S)(OCC)OCC)c1ccccc1. The van der Waals surface area contributed by atoms with Crippen LogP contribution in [0.5, 0.6) is 0 Å². The van der Waals surface area contributed by atoms with Gasteiger partial charge in [-0.1, -0.05) is 43.0 Å². The fourth-order valence-corrected chi connectivity index (χ4v) is 3.81. The largest absolute Gasteiger partial charge is 0.459 e. The quantitative estimate of drug-likeness (QED) is 0.366. The van der Waals surface area contributed by atoms with Crippen LogP contribution in [0.1, 0.15) is 25.5 Å². The van der Waals surface area contributed by atoms with Crippen molar-refractivity contribution in [3.63, 3.8) is 0 Å². The fourth-order valence-electron chi connectivity index (χ4n) is 1.63. The van der Waals surface area contributed by atoms with Crippen molar-refractivity contribution >= 4 is 24.5 Å². The molecule has 0 aromatic heterocycles. The Balaban J connectivity index is 3.01. The van der Waals surface area contributed by atoms with E-state index in [1.165, 1.54) is 6.08 Å². The monoisotopic (exact) mass is 344 g/mol. The van der Waals surface area contributed by atoms with Crippen LogP contribution in [0.15, 0.2) is 43.0 Å². The van der Waals surface area contributed by atoms with Gasteiger partial charge in [0.05, 0.1) is 13.2 Å². The van der Waals surface area contributed by atoms with E-state index >= 15 is 0 Å². The van der Waals surface area contributed by atoms with Crippen LogP contribution in [0.2, 0.25) is 0 Å². The Labute approximate surface area is 136 Å². The van der Waals surface area contributed by atoms with Gasteiger partial charge in [-0.2, -0.15) is 0 Å². The van der Waals surface area contributed by atoms with Crippen molar-refractivity contribution in [2.75, 3.05) is 19.8 Å². The summed E-state index contributed by atoms with van der Waals surface area (Å²) < 4.78 is 21.7. The molecule has 0 aliphatic carbocycles. The van der Waals surface area contributed by atoms with E-state index in [9.17, 15) is 4.79 Å².